The van der Waals surface area contributed by atoms with Crippen LogP contribution < -0.4 is 22.3 Å². The summed E-state index contributed by atoms with van der Waals surface area (Å²) < 4.78 is 9.68. The van der Waals surface area contributed by atoms with Crippen LogP contribution in [0.2, 0.25) is 0 Å². The molecule has 0 aliphatic carbocycles. The maximum Gasteiger partial charge on any atom is 0.252 e. The SMILES string of the molecule is CCCCCCCOC[n+]1cccc(NCn2nnc3ccccc32)c1.[Cl-]. The van der Waals surface area contributed by atoms with Gasteiger partial charge in [-0.3, -0.25) is 0 Å². The quantitative estimate of drug-likeness (QED) is 0.388. The third-order valence-corrected chi connectivity index (χ3v) is 4.34. The number of unbranched alkanes of at least 4 members (excludes halogenated alkanes) is 4. The summed E-state index contributed by atoms with van der Waals surface area (Å²) in [7, 11) is 0. The standard InChI is InChI=1S/C20H28N5O.ClH/c1-2-3-4-5-8-14-26-17-24-13-9-10-18(15-24)21-16-25-20-12-7-6-11-19(20)22-23-25;/h6-7,9-13,15,21H,2-5,8,14,16-17H2,1H3;1H/q+1;/p-1. The molecule has 0 amide bonds. The summed E-state index contributed by atoms with van der Waals surface area (Å²) in [6, 6.07) is 12.0. The van der Waals surface area contributed by atoms with Crippen LogP contribution in [0.3, 0.4) is 0 Å². The average molecular weight is 390 g/mol. The molecule has 0 aliphatic heterocycles. The van der Waals surface area contributed by atoms with Crippen molar-refractivity contribution in [2.45, 2.75) is 52.4 Å². The fourth-order valence-corrected chi connectivity index (χ4v) is 2.88. The predicted octanol–water partition coefficient (Wildman–Crippen LogP) is 0.737. The van der Waals surface area contributed by atoms with Crippen molar-refractivity contribution in [2.75, 3.05) is 11.9 Å². The van der Waals surface area contributed by atoms with Crippen LogP contribution >= 0.6 is 0 Å². The molecule has 0 unspecified atom stereocenters. The zero-order chi connectivity index (χ0) is 18.0. The van der Waals surface area contributed by atoms with Crippen molar-refractivity contribution in [1.82, 2.24) is 15.0 Å². The van der Waals surface area contributed by atoms with Crippen LogP contribution in [0.1, 0.15) is 39.0 Å². The van der Waals surface area contributed by atoms with Crippen LogP contribution in [-0.4, -0.2) is 21.6 Å². The lowest BCUT2D eigenvalue weighted by atomic mass is 10.2. The van der Waals surface area contributed by atoms with Gasteiger partial charge in [0.1, 0.15) is 17.9 Å². The van der Waals surface area contributed by atoms with E-state index in [1.165, 1.54) is 25.7 Å². The monoisotopic (exact) mass is 389 g/mol. The molecule has 3 aromatic rings. The number of ether oxygens (including phenoxy) is 1. The molecule has 6 nitrogen and oxygen atoms in total. The maximum atomic E-state index is 5.77. The highest BCUT2D eigenvalue weighted by molar-refractivity contribution is 5.73. The van der Waals surface area contributed by atoms with Crippen molar-refractivity contribution in [1.29, 1.82) is 0 Å². The molecule has 0 saturated heterocycles. The van der Waals surface area contributed by atoms with E-state index in [0.29, 0.717) is 13.4 Å². The molecule has 1 aromatic carbocycles. The number of halogens is 1. The number of nitrogens with zero attached hydrogens (tertiary/aromatic N) is 4. The minimum absolute atomic E-state index is 0. The summed E-state index contributed by atoms with van der Waals surface area (Å²) in [5.74, 6) is 0. The van der Waals surface area contributed by atoms with E-state index in [-0.39, 0.29) is 12.4 Å². The van der Waals surface area contributed by atoms with Crippen molar-refractivity contribution in [3.63, 3.8) is 0 Å². The first kappa shape index (κ1) is 21.1. The van der Waals surface area contributed by atoms with Crippen LogP contribution in [-0.2, 0) is 18.1 Å². The molecule has 1 N–H and O–H groups in total. The number of fused-ring (bicyclic) bond motifs is 1. The molecule has 2 aromatic heterocycles. The van der Waals surface area contributed by atoms with Crippen LogP contribution in [0, 0.1) is 0 Å². The normalized spacial score (nSPS) is 10.7. The van der Waals surface area contributed by atoms with Gasteiger partial charge in [0, 0.05) is 6.07 Å². The predicted molar refractivity (Wildman–Crippen MR) is 102 cm³/mol. The second-order valence-electron chi connectivity index (χ2n) is 6.47. The zero-order valence-corrected chi connectivity index (χ0v) is 16.6. The van der Waals surface area contributed by atoms with Gasteiger partial charge in [0.05, 0.1) is 12.1 Å². The highest BCUT2D eigenvalue weighted by atomic mass is 35.5. The molecular weight excluding hydrogens is 362 g/mol. The molecule has 0 aliphatic rings. The number of nitrogens with one attached hydrogen (secondary N) is 1. The lowest BCUT2D eigenvalue weighted by molar-refractivity contribution is -0.732. The van der Waals surface area contributed by atoms with Gasteiger partial charge in [0.15, 0.2) is 12.4 Å². The molecule has 0 saturated carbocycles. The van der Waals surface area contributed by atoms with Crippen molar-refractivity contribution in [3.8, 4) is 0 Å². The van der Waals surface area contributed by atoms with Gasteiger partial charge < -0.3 is 22.5 Å². The first-order chi connectivity index (χ1) is 12.9. The van der Waals surface area contributed by atoms with E-state index in [1.807, 2.05) is 51.8 Å². The maximum absolute atomic E-state index is 5.77. The minimum Gasteiger partial charge on any atom is -1.00 e. The van der Waals surface area contributed by atoms with Crippen molar-refractivity contribution >= 4 is 16.7 Å². The first-order valence-corrected chi connectivity index (χ1v) is 9.46. The molecule has 0 bridgehead atoms. The summed E-state index contributed by atoms with van der Waals surface area (Å²) in [5, 5.41) is 11.8. The molecule has 3 rings (SSSR count). The average Bonchev–Trinajstić information content (AvgIpc) is 3.09. The number of rotatable bonds is 11. The Balaban J connectivity index is 0.00000261. The van der Waals surface area contributed by atoms with Gasteiger partial charge in [-0.1, -0.05) is 50.0 Å². The van der Waals surface area contributed by atoms with Crippen molar-refractivity contribution < 1.29 is 21.7 Å². The zero-order valence-electron chi connectivity index (χ0n) is 15.9. The Morgan fingerprint density at radius 1 is 1.07 bits per heavy atom. The van der Waals surface area contributed by atoms with Crippen molar-refractivity contribution in [2.24, 2.45) is 0 Å². The summed E-state index contributed by atoms with van der Waals surface area (Å²) in [6.07, 6.45) is 10.4. The summed E-state index contributed by atoms with van der Waals surface area (Å²) in [4.78, 5) is 0. The Bertz CT molecular complexity index is 808. The second kappa shape index (κ2) is 11.5. The number of hydrogen-bond acceptors (Lipinski definition) is 4. The first-order valence-electron chi connectivity index (χ1n) is 9.46. The highest BCUT2D eigenvalue weighted by Gasteiger charge is 2.05. The van der Waals surface area contributed by atoms with Crippen LogP contribution in [0.25, 0.3) is 11.0 Å². The summed E-state index contributed by atoms with van der Waals surface area (Å²) >= 11 is 0. The molecule has 2 heterocycles. The van der Waals surface area contributed by atoms with Gasteiger partial charge >= 0.3 is 0 Å². The largest absolute Gasteiger partial charge is 1.00 e. The molecule has 146 valence electrons. The molecular formula is C20H28ClN5O. The van der Waals surface area contributed by atoms with E-state index in [1.54, 1.807) is 0 Å². The fourth-order valence-electron chi connectivity index (χ4n) is 2.88. The Hall–Kier alpha value is -2.18. The lowest BCUT2D eigenvalue weighted by Gasteiger charge is -2.06. The van der Waals surface area contributed by atoms with E-state index >= 15 is 0 Å². The van der Waals surface area contributed by atoms with Crippen LogP contribution in [0.5, 0.6) is 0 Å². The Kier molecular flexibility index (Phi) is 9.01. The van der Waals surface area contributed by atoms with Gasteiger partial charge in [-0.2, -0.15) is 4.57 Å². The highest BCUT2D eigenvalue weighted by Crippen LogP contribution is 2.10. The molecule has 0 spiro atoms. The second-order valence-corrected chi connectivity index (χ2v) is 6.47. The third-order valence-electron chi connectivity index (χ3n) is 4.34. The number of pyridine rings is 1. The molecule has 27 heavy (non-hydrogen) atoms. The van der Waals surface area contributed by atoms with Crippen molar-refractivity contribution in [3.05, 3.63) is 48.8 Å². The smallest absolute Gasteiger partial charge is 0.252 e. The minimum atomic E-state index is 0. The Morgan fingerprint density at radius 2 is 1.93 bits per heavy atom. The Labute approximate surface area is 166 Å². The van der Waals surface area contributed by atoms with Gasteiger partial charge in [0.25, 0.3) is 6.73 Å². The van der Waals surface area contributed by atoms with E-state index in [2.05, 4.69) is 28.7 Å². The topological polar surface area (TPSA) is 55.9 Å². The van der Waals surface area contributed by atoms with E-state index < -0.39 is 0 Å². The molecule has 0 radical (unpaired) electrons. The number of para-hydroxylation sites is 1. The Morgan fingerprint density at radius 3 is 2.81 bits per heavy atom. The number of hydrogen-bond donors (Lipinski definition) is 1. The van der Waals surface area contributed by atoms with Crippen LogP contribution in [0.15, 0.2) is 48.8 Å². The third kappa shape index (κ3) is 6.48. The van der Waals surface area contributed by atoms with Crippen LogP contribution in [0.4, 0.5) is 5.69 Å². The molecule has 0 fully saturated rings. The number of aromatic nitrogens is 4. The fraction of sp³-hybridized carbons (Fsp3) is 0.450. The van der Waals surface area contributed by atoms with E-state index in [9.17, 15) is 0 Å². The molecule has 0 atom stereocenters. The van der Waals surface area contributed by atoms with E-state index in [0.717, 1.165) is 29.7 Å². The van der Waals surface area contributed by atoms with E-state index in [4.69, 9.17) is 4.74 Å². The van der Waals surface area contributed by atoms with Gasteiger partial charge in [-0.05, 0) is 24.6 Å². The summed E-state index contributed by atoms with van der Waals surface area (Å²) in [6.45, 7) is 4.21. The van der Waals surface area contributed by atoms with Gasteiger partial charge in [0.2, 0.25) is 0 Å². The van der Waals surface area contributed by atoms with Gasteiger partial charge in [-0.15, -0.1) is 5.10 Å². The number of benzene rings is 1. The molecule has 7 heteroatoms. The summed E-state index contributed by atoms with van der Waals surface area (Å²) in [5.41, 5.74) is 2.96. The lowest BCUT2D eigenvalue weighted by Crippen LogP contribution is -3.00. The van der Waals surface area contributed by atoms with Gasteiger partial charge in [-0.25, -0.2) is 4.68 Å². The number of anilines is 1.